The Bertz CT molecular complexity index is 1160. The number of aryl methyl sites for hydroxylation is 1. The summed E-state index contributed by atoms with van der Waals surface area (Å²) in [5.41, 5.74) is 1.42. The van der Waals surface area contributed by atoms with Gasteiger partial charge in [0.15, 0.2) is 0 Å². The minimum Gasteiger partial charge on any atom is -0.362 e. The Kier molecular flexibility index (Phi) is 7.35. The van der Waals surface area contributed by atoms with Gasteiger partial charge in [-0.15, -0.1) is 0 Å². The number of hydrogen-bond donors (Lipinski definition) is 1. The zero-order chi connectivity index (χ0) is 23.4. The van der Waals surface area contributed by atoms with Crippen molar-refractivity contribution in [3.05, 3.63) is 51.9 Å². The Hall–Kier alpha value is -2.84. The number of hydrogen-bond acceptors (Lipinski definition) is 5. The lowest BCUT2D eigenvalue weighted by Crippen LogP contribution is -2.48. The molecule has 0 radical (unpaired) electrons. The van der Waals surface area contributed by atoms with Gasteiger partial charge in [0.2, 0.25) is 11.7 Å². The summed E-state index contributed by atoms with van der Waals surface area (Å²) in [5, 5.41) is 3.88. The van der Waals surface area contributed by atoms with E-state index in [1.807, 2.05) is 33.7 Å². The minimum atomic E-state index is -0.181. The molecule has 8 nitrogen and oxygen atoms in total. The lowest BCUT2D eigenvalue weighted by atomic mass is 10.2. The van der Waals surface area contributed by atoms with Crippen LogP contribution in [0.5, 0.6) is 0 Å². The second kappa shape index (κ2) is 10.4. The lowest BCUT2D eigenvalue weighted by molar-refractivity contribution is -0.130. The Morgan fingerprint density at radius 3 is 2.55 bits per heavy atom. The Balaban J connectivity index is 1.63. The molecule has 0 bridgehead atoms. The molecule has 176 valence electrons. The van der Waals surface area contributed by atoms with E-state index in [1.54, 1.807) is 16.7 Å². The zero-order valence-electron chi connectivity index (χ0n) is 19.3. The lowest BCUT2D eigenvalue weighted by Gasteiger charge is -2.32. The number of nitrogens with zero attached hydrogens (tertiary/aromatic N) is 5. The van der Waals surface area contributed by atoms with Gasteiger partial charge in [0, 0.05) is 55.6 Å². The first-order chi connectivity index (χ1) is 16.0. The average Bonchev–Trinajstić information content (AvgIpc) is 3.26. The molecule has 2 aromatic heterocycles. The second-order valence-electron chi connectivity index (χ2n) is 8.57. The third-order valence-corrected chi connectivity index (χ3v) is 6.37. The first-order valence-corrected chi connectivity index (χ1v) is 11.9. The number of fused-ring (bicyclic) bond motifs is 1. The van der Waals surface area contributed by atoms with Gasteiger partial charge in [0.25, 0.3) is 5.56 Å². The average molecular weight is 471 g/mol. The third kappa shape index (κ3) is 5.39. The summed E-state index contributed by atoms with van der Waals surface area (Å²) in [6, 6.07) is 8.97. The number of amides is 1. The number of halogens is 1. The van der Waals surface area contributed by atoms with Crippen molar-refractivity contribution in [3.63, 3.8) is 0 Å². The molecule has 0 atom stereocenters. The Morgan fingerprint density at radius 2 is 1.85 bits per heavy atom. The van der Waals surface area contributed by atoms with Crippen LogP contribution in [0.25, 0.3) is 17.0 Å². The van der Waals surface area contributed by atoms with Crippen LogP contribution in [0.2, 0.25) is 5.02 Å². The zero-order valence-corrected chi connectivity index (χ0v) is 20.0. The van der Waals surface area contributed by atoms with Crippen LogP contribution in [0.3, 0.4) is 0 Å². The van der Waals surface area contributed by atoms with E-state index in [0.29, 0.717) is 28.9 Å². The number of carbonyl (C=O) groups is 1. The van der Waals surface area contributed by atoms with E-state index in [1.165, 1.54) is 0 Å². The molecular formula is C24H31ClN6O2. The fraction of sp³-hybridized carbons (Fsp3) is 0.458. The number of anilines is 1. The summed E-state index contributed by atoms with van der Waals surface area (Å²) >= 11 is 6.02. The van der Waals surface area contributed by atoms with E-state index in [2.05, 4.69) is 24.2 Å². The van der Waals surface area contributed by atoms with Crippen molar-refractivity contribution in [1.29, 1.82) is 0 Å². The van der Waals surface area contributed by atoms with Crippen molar-refractivity contribution >= 4 is 29.1 Å². The number of imidazole rings is 1. The van der Waals surface area contributed by atoms with E-state index in [0.717, 1.165) is 51.0 Å². The molecule has 0 unspecified atom stereocenters. The van der Waals surface area contributed by atoms with Crippen LogP contribution < -0.4 is 10.9 Å². The number of carbonyl (C=O) groups excluding carboxylic acids is 1. The summed E-state index contributed by atoms with van der Waals surface area (Å²) in [6.45, 7) is 6.22. The molecule has 4 rings (SSSR count). The topological polar surface area (TPSA) is 74.9 Å². The van der Waals surface area contributed by atoms with Crippen molar-refractivity contribution in [1.82, 2.24) is 23.8 Å². The maximum absolute atomic E-state index is 12.9. The minimum absolute atomic E-state index is 0.0423. The summed E-state index contributed by atoms with van der Waals surface area (Å²) in [7, 11) is 2.06. The molecule has 1 aliphatic rings. The predicted octanol–water partition coefficient (Wildman–Crippen LogP) is 3.19. The van der Waals surface area contributed by atoms with E-state index in [-0.39, 0.29) is 18.0 Å². The number of likely N-dealkylation sites (N-methyl/N-ethyl adjacent to an activating group) is 1. The molecule has 9 heteroatoms. The number of nitrogens with one attached hydrogen (secondary N) is 1. The van der Waals surface area contributed by atoms with Gasteiger partial charge in [0.1, 0.15) is 5.82 Å². The summed E-state index contributed by atoms with van der Waals surface area (Å²) in [5.74, 6) is 1.23. The first-order valence-electron chi connectivity index (χ1n) is 11.6. The molecule has 1 N–H and O–H groups in total. The highest BCUT2D eigenvalue weighted by molar-refractivity contribution is 6.30. The number of piperazine rings is 1. The molecule has 3 aromatic rings. The summed E-state index contributed by atoms with van der Waals surface area (Å²) < 4.78 is 3.58. The highest BCUT2D eigenvalue weighted by Gasteiger charge is 2.20. The van der Waals surface area contributed by atoms with Crippen LogP contribution in [-0.4, -0.2) is 69.4 Å². The van der Waals surface area contributed by atoms with E-state index < -0.39 is 0 Å². The molecule has 0 spiro atoms. The van der Waals surface area contributed by atoms with Crippen LogP contribution in [0.15, 0.2) is 41.3 Å². The van der Waals surface area contributed by atoms with Crippen LogP contribution >= 0.6 is 11.6 Å². The Labute approximate surface area is 198 Å². The Morgan fingerprint density at radius 1 is 1.12 bits per heavy atom. The van der Waals surface area contributed by atoms with Crippen molar-refractivity contribution in [3.8, 4) is 11.3 Å². The molecule has 3 heterocycles. The van der Waals surface area contributed by atoms with E-state index in [9.17, 15) is 9.59 Å². The third-order valence-electron chi connectivity index (χ3n) is 6.12. The van der Waals surface area contributed by atoms with Crippen molar-refractivity contribution in [2.24, 2.45) is 0 Å². The van der Waals surface area contributed by atoms with Crippen molar-refractivity contribution in [2.45, 2.75) is 32.7 Å². The van der Waals surface area contributed by atoms with Gasteiger partial charge in [-0.05, 0) is 25.6 Å². The van der Waals surface area contributed by atoms with E-state index in [4.69, 9.17) is 16.6 Å². The van der Waals surface area contributed by atoms with Gasteiger partial charge in [-0.3, -0.25) is 18.6 Å². The molecule has 0 saturated carbocycles. The summed E-state index contributed by atoms with van der Waals surface area (Å²) in [6.07, 6.45) is 4.88. The fourth-order valence-corrected chi connectivity index (χ4v) is 4.20. The predicted molar refractivity (Wildman–Crippen MR) is 132 cm³/mol. The highest BCUT2D eigenvalue weighted by Crippen LogP contribution is 2.22. The molecular weight excluding hydrogens is 440 g/mol. The van der Waals surface area contributed by atoms with Crippen molar-refractivity contribution < 1.29 is 4.79 Å². The molecule has 1 saturated heterocycles. The van der Waals surface area contributed by atoms with Gasteiger partial charge < -0.3 is 15.1 Å². The number of rotatable bonds is 8. The maximum Gasteiger partial charge on any atom is 0.261 e. The van der Waals surface area contributed by atoms with Gasteiger partial charge >= 0.3 is 0 Å². The molecule has 1 aromatic carbocycles. The quantitative estimate of drug-likeness (QED) is 0.512. The molecule has 1 amide bonds. The maximum atomic E-state index is 12.9. The van der Waals surface area contributed by atoms with Crippen LogP contribution in [0.1, 0.15) is 26.2 Å². The molecule has 0 aliphatic carbocycles. The fourth-order valence-electron chi connectivity index (χ4n) is 4.08. The molecule has 33 heavy (non-hydrogen) atoms. The normalized spacial score (nSPS) is 14.7. The second-order valence-corrected chi connectivity index (χ2v) is 9.00. The molecule has 1 aliphatic heterocycles. The standard InChI is InChI=1S/C24H31ClN6O2/c1-3-4-5-10-30-21(26-16-23(33)29-13-11-28(2)12-14-29)15-22(32)31-17-20(27-24(30)31)18-6-8-19(25)9-7-18/h6-9,15,17,26H,3-5,10-14,16H2,1-2H3. The first kappa shape index (κ1) is 23.3. The van der Waals surface area contributed by atoms with Crippen LogP contribution in [-0.2, 0) is 11.3 Å². The summed E-state index contributed by atoms with van der Waals surface area (Å²) in [4.78, 5) is 34.5. The van der Waals surface area contributed by atoms with Gasteiger partial charge in [-0.1, -0.05) is 43.5 Å². The smallest absolute Gasteiger partial charge is 0.261 e. The monoisotopic (exact) mass is 470 g/mol. The van der Waals surface area contributed by atoms with Gasteiger partial charge in [0.05, 0.1) is 12.2 Å². The number of unbranched alkanes of at least 4 members (excludes halogenated alkanes) is 2. The van der Waals surface area contributed by atoms with Crippen molar-refractivity contribution in [2.75, 3.05) is 45.1 Å². The number of benzene rings is 1. The largest absolute Gasteiger partial charge is 0.362 e. The molecule has 1 fully saturated rings. The van der Waals surface area contributed by atoms with Crippen LogP contribution in [0, 0.1) is 0 Å². The number of aromatic nitrogens is 3. The highest BCUT2D eigenvalue weighted by atomic mass is 35.5. The van der Waals surface area contributed by atoms with Crippen LogP contribution in [0.4, 0.5) is 5.82 Å². The van der Waals surface area contributed by atoms with E-state index >= 15 is 0 Å². The SMILES string of the molecule is CCCCCn1c(NCC(=O)N2CCN(C)CC2)cc(=O)n2cc(-c3ccc(Cl)cc3)nc12. The van der Waals surface area contributed by atoms with Gasteiger partial charge in [-0.25, -0.2) is 4.98 Å². The van der Waals surface area contributed by atoms with Gasteiger partial charge in [-0.2, -0.15) is 0 Å².